The van der Waals surface area contributed by atoms with Crippen molar-refractivity contribution in [3.63, 3.8) is 0 Å². The van der Waals surface area contributed by atoms with E-state index in [1.54, 1.807) is 6.20 Å². The predicted octanol–water partition coefficient (Wildman–Crippen LogP) is 3.43. The molecule has 2 aliphatic rings. The van der Waals surface area contributed by atoms with Gasteiger partial charge in [0, 0.05) is 25.0 Å². The molecule has 0 spiro atoms. The Balaban J connectivity index is 1.37. The summed E-state index contributed by atoms with van der Waals surface area (Å²) in [5, 5.41) is 2.98. The summed E-state index contributed by atoms with van der Waals surface area (Å²) in [5.41, 5.74) is 3.12. The minimum absolute atomic E-state index is 0.0106. The minimum atomic E-state index is -0.0106. The molecule has 0 radical (unpaired) electrons. The number of carbonyl (C=O) groups excluding carboxylic acids is 1. The Bertz CT molecular complexity index is 524. The lowest BCUT2D eigenvalue weighted by atomic mass is 9.95. The number of amides is 1. The number of ether oxygens (including phenoxy) is 1. The SMILES string of the molecule is O=C(NCCCOC1CCCCC1)c1cnc2c(c1)CCCC2. The molecule has 4 heteroatoms. The number of aryl methyl sites for hydroxylation is 2. The summed E-state index contributed by atoms with van der Waals surface area (Å²) < 4.78 is 5.88. The van der Waals surface area contributed by atoms with Crippen molar-refractivity contribution in [1.82, 2.24) is 10.3 Å². The summed E-state index contributed by atoms with van der Waals surface area (Å²) in [4.78, 5) is 16.7. The van der Waals surface area contributed by atoms with E-state index in [9.17, 15) is 4.79 Å². The maximum Gasteiger partial charge on any atom is 0.252 e. The molecule has 1 heterocycles. The van der Waals surface area contributed by atoms with Gasteiger partial charge in [-0.1, -0.05) is 19.3 Å². The molecular weight excluding hydrogens is 288 g/mol. The number of rotatable bonds is 6. The highest BCUT2D eigenvalue weighted by Crippen LogP contribution is 2.21. The van der Waals surface area contributed by atoms with E-state index in [-0.39, 0.29) is 5.91 Å². The van der Waals surface area contributed by atoms with Gasteiger partial charge in [0.15, 0.2) is 0 Å². The topological polar surface area (TPSA) is 51.2 Å². The Morgan fingerprint density at radius 1 is 1.17 bits per heavy atom. The third-order valence-electron chi connectivity index (χ3n) is 4.94. The highest BCUT2D eigenvalue weighted by Gasteiger charge is 2.15. The molecule has 126 valence electrons. The van der Waals surface area contributed by atoms with Gasteiger partial charge in [0.05, 0.1) is 11.7 Å². The molecule has 0 atom stereocenters. The van der Waals surface area contributed by atoms with Crippen LogP contribution in [0.1, 0.15) is 73.0 Å². The van der Waals surface area contributed by atoms with Crippen LogP contribution in [-0.2, 0) is 17.6 Å². The average Bonchev–Trinajstić information content (AvgIpc) is 2.61. The van der Waals surface area contributed by atoms with Gasteiger partial charge in [-0.2, -0.15) is 0 Å². The first-order valence-corrected chi connectivity index (χ1v) is 9.20. The van der Waals surface area contributed by atoms with E-state index < -0.39 is 0 Å². The maximum absolute atomic E-state index is 12.2. The average molecular weight is 316 g/mol. The Hall–Kier alpha value is -1.42. The first-order chi connectivity index (χ1) is 11.3. The highest BCUT2D eigenvalue weighted by molar-refractivity contribution is 5.94. The van der Waals surface area contributed by atoms with E-state index in [1.165, 1.54) is 56.2 Å². The van der Waals surface area contributed by atoms with E-state index in [1.807, 2.05) is 6.07 Å². The fourth-order valence-corrected chi connectivity index (χ4v) is 3.57. The smallest absolute Gasteiger partial charge is 0.252 e. The number of aromatic nitrogens is 1. The van der Waals surface area contributed by atoms with Crippen molar-refractivity contribution < 1.29 is 9.53 Å². The van der Waals surface area contributed by atoms with Crippen LogP contribution in [0.15, 0.2) is 12.3 Å². The van der Waals surface area contributed by atoms with Crippen LogP contribution in [0.3, 0.4) is 0 Å². The first kappa shape index (κ1) is 16.4. The molecule has 0 bridgehead atoms. The number of nitrogens with one attached hydrogen (secondary N) is 1. The molecule has 2 aliphatic carbocycles. The van der Waals surface area contributed by atoms with Gasteiger partial charge in [0.1, 0.15) is 0 Å². The van der Waals surface area contributed by atoms with Gasteiger partial charge in [-0.05, 0) is 56.6 Å². The second-order valence-electron chi connectivity index (χ2n) is 6.78. The standard InChI is InChI=1S/C19H28N2O2/c22-19(16-13-15-7-4-5-10-18(15)21-14-16)20-11-6-12-23-17-8-2-1-3-9-17/h13-14,17H,1-12H2,(H,20,22). The Labute approximate surface area is 139 Å². The third-order valence-corrected chi connectivity index (χ3v) is 4.94. The van der Waals surface area contributed by atoms with Crippen LogP contribution in [0.4, 0.5) is 0 Å². The van der Waals surface area contributed by atoms with E-state index in [4.69, 9.17) is 4.74 Å². The van der Waals surface area contributed by atoms with E-state index in [0.29, 0.717) is 18.2 Å². The van der Waals surface area contributed by atoms with Crippen molar-refractivity contribution in [2.75, 3.05) is 13.2 Å². The predicted molar refractivity (Wildman–Crippen MR) is 90.7 cm³/mol. The van der Waals surface area contributed by atoms with E-state index in [0.717, 1.165) is 25.9 Å². The van der Waals surface area contributed by atoms with Crippen molar-refractivity contribution in [1.29, 1.82) is 0 Å². The molecule has 1 saturated carbocycles. The van der Waals surface area contributed by atoms with Crippen molar-refractivity contribution in [2.24, 2.45) is 0 Å². The van der Waals surface area contributed by atoms with Crippen LogP contribution in [-0.4, -0.2) is 30.1 Å². The number of hydrogen-bond donors (Lipinski definition) is 1. The van der Waals surface area contributed by atoms with Crippen molar-refractivity contribution in [3.8, 4) is 0 Å². The molecule has 1 N–H and O–H groups in total. The second kappa shape index (κ2) is 8.44. The summed E-state index contributed by atoms with van der Waals surface area (Å²) in [6.45, 7) is 1.41. The van der Waals surface area contributed by atoms with Gasteiger partial charge in [0.2, 0.25) is 0 Å². The lowest BCUT2D eigenvalue weighted by Gasteiger charge is -2.21. The van der Waals surface area contributed by atoms with Crippen LogP contribution in [0.5, 0.6) is 0 Å². The fourth-order valence-electron chi connectivity index (χ4n) is 3.57. The lowest BCUT2D eigenvalue weighted by molar-refractivity contribution is 0.0273. The second-order valence-corrected chi connectivity index (χ2v) is 6.78. The Morgan fingerprint density at radius 2 is 2.00 bits per heavy atom. The summed E-state index contributed by atoms with van der Waals surface area (Å²) in [5.74, 6) is -0.0106. The Kier molecular flexibility index (Phi) is 6.03. The molecule has 0 aliphatic heterocycles. The van der Waals surface area contributed by atoms with Crippen LogP contribution in [0, 0.1) is 0 Å². The Morgan fingerprint density at radius 3 is 2.87 bits per heavy atom. The number of pyridine rings is 1. The van der Waals surface area contributed by atoms with Gasteiger partial charge >= 0.3 is 0 Å². The van der Waals surface area contributed by atoms with Gasteiger partial charge in [-0.15, -0.1) is 0 Å². The molecule has 0 unspecified atom stereocenters. The van der Waals surface area contributed by atoms with E-state index in [2.05, 4.69) is 10.3 Å². The van der Waals surface area contributed by atoms with Gasteiger partial charge in [-0.25, -0.2) is 0 Å². The van der Waals surface area contributed by atoms with Crippen LogP contribution in [0.2, 0.25) is 0 Å². The van der Waals surface area contributed by atoms with Crippen molar-refractivity contribution in [3.05, 3.63) is 29.1 Å². The van der Waals surface area contributed by atoms with Crippen molar-refractivity contribution >= 4 is 5.91 Å². The first-order valence-electron chi connectivity index (χ1n) is 9.20. The number of fused-ring (bicyclic) bond motifs is 1. The number of carbonyl (C=O) groups is 1. The molecule has 1 aromatic rings. The summed E-state index contributed by atoms with van der Waals surface area (Å²) >= 11 is 0. The van der Waals surface area contributed by atoms with E-state index >= 15 is 0 Å². The molecular formula is C19H28N2O2. The molecule has 1 aromatic heterocycles. The zero-order valence-electron chi connectivity index (χ0n) is 14.0. The zero-order chi connectivity index (χ0) is 15.9. The molecule has 1 fully saturated rings. The molecule has 0 aromatic carbocycles. The summed E-state index contributed by atoms with van der Waals surface area (Å²) in [7, 11) is 0. The molecule has 4 nitrogen and oxygen atoms in total. The van der Waals surface area contributed by atoms with Crippen molar-refractivity contribution in [2.45, 2.75) is 70.3 Å². The third kappa shape index (κ3) is 4.77. The molecule has 23 heavy (non-hydrogen) atoms. The largest absolute Gasteiger partial charge is 0.378 e. The van der Waals surface area contributed by atoms with Crippen LogP contribution < -0.4 is 5.32 Å². The molecule has 3 rings (SSSR count). The fraction of sp³-hybridized carbons (Fsp3) is 0.684. The van der Waals surface area contributed by atoms with Crippen LogP contribution in [0.25, 0.3) is 0 Å². The van der Waals surface area contributed by atoms with Gasteiger partial charge in [-0.3, -0.25) is 9.78 Å². The normalized spacial score (nSPS) is 18.4. The number of hydrogen-bond acceptors (Lipinski definition) is 3. The quantitative estimate of drug-likeness (QED) is 0.818. The zero-order valence-corrected chi connectivity index (χ0v) is 14.0. The molecule has 1 amide bonds. The summed E-state index contributed by atoms with van der Waals surface area (Å²) in [6.07, 6.45) is 13.9. The lowest BCUT2D eigenvalue weighted by Crippen LogP contribution is -2.26. The monoisotopic (exact) mass is 316 g/mol. The summed E-state index contributed by atoms with van der Waals surface area (Å²) in [6, 6.07) is 2.02. The van der Waals surface area contributed by atoms with Gasteiger partial charge in [0.25, 0.3) is 5.91 Å². The van der Waals surface area contributed by atoms with Crippen LogP contribution >= 0.6 is 0 Å². The van der Waals surface area contributed by atoms with Gasteiger partial charge < -0.3 is 10.1 Å². The molecule has 0 saturated heterocycles. The number of nitrogens with zero attached hydrogens (tertiary/aromatic N) is 1. The highest BCUT2D eigenvalue weighted by atomic mass is 16.5. The minimum Gasteiger partial charge on any atom is -0.378 e. The maximum atomic E-state index is 12.2.